The van der Waals surface area contributed by atoms with Crippen molar-refractivity contribution in [3.8, 4) is 0 Å². The van der Waals surface area contributed by atoms with Crippen molar-refractivity contribution in [1.82, 2.24) is 5.32 Å². The Morgan fingerprint density at radius 2 is 1.84 bits per heavy atom. The number of rotatable bonds is 6. The highest BCUT2D eigenvalue weighted by atomic mass is 16.5. The molecule has 1 saturated carbocycles. The fourth-order valence-corrected chi connectivity index (χ4v) is 3.18. The summed E-state index contributed by atoms with van der Waals surface area (Å²) in [6, 6.07) is 11.5. The molecule has 1 aromatic carbocycles. The largest absolute Gasteiger partial charge is 0.383 e. The third kappa shape index (κ3) is 4.32. The summed E-state index contributed by atoms with van der Waals surface area (Å²) < 4.78 is 5.38. The van der Waals surface area contributed by atoms with Gasteiger partial charge in [0.1, 0.15) is 0 Å². The van der Waals surface area contributed by atoms with Gasteiger partial charge >= 0.3 is 0 Å². The van der Waals surface area contributed by atoms with Crippen LogP contribution in [0.15, 0.2) is 30.3 Å². The molecular formula is C17H27NO. The molecule has 1 aliphatic carbocycles. The van der Waals surface area contributed by atoms with Gasteiger partial charge in [0, 0.05) is 13.2 Å². The lowest BCUT2D eigenvalue weighted by atomic mass is 9.84. The predicted octanol–water partition coefficient (Wildman–Crippen LogP) is 3.93. The number of nitrogens with one attached hydrogen (secondary N) is 1. The van der Waals surface area contributed by atoms with Crippen LogP contribution < -0.4 is 5.32 Å². The lowest BCUT2D eigenvalue weighted by molar-refractivity contribution is 0.151. The normalized spacial score (nSPS) is 20.1. The molecule has 1 N–H and O–H groups in total. The van der Waals surface area contributed by atoms with Crippen molar-refractivity contribution in [1.29, 1.82) is 0 Å². The molecule has 0 spiro atoms. The van der Waals surface area contributed by atoms with Gasteiger partial charge in [-0.3, -0.25) is 0 Å². The average Bonchev–Trinajstić information content (AvgIpc) is 2.48. The first-order valence-electron chi connectivity index (χ1n) is 7.61. The fourth-order valence-electron chi connectivity index (χ4n) is 3.18. The van der Waals surface area contributed by atoms with Crippen molar-refractivity contribution < 1.29 is 4.74 Å². The number of hydrogen-bond donors (Lipinski definition) is 1. The highest BCUT2D eigenvalue weighted by molar-refractivity contribution is 5.19. The molecule has 106 valence electrons. The first-order chi connectivity index (χ1) is 9.31. The predicted molar refractivity (Wildman–Crippen MR) is 80.2 cm³/mol. The SMILES string of the molecule is COCC(N[C@@H](C)C1CCCCC1)c1ccccc1. The zero-order valence-corrected chi connectivity index (χ0v) is 12.3. The van der Waals surface area contributed by atoms with Crippen LogP contribution in [-0.2, 0) is 4.74 Å². The smallest absolute Gasteiger partial charge is 0.0657 e. The Bertz CT molecular complexity index is 346. The van der Waals surface area contributed by atoms with E-state index in [9.17, 15) is 0 Å². The lowest BCUT2D eigenvalue weighted by Crippen LogP contribution is -2.38. The molecule has 0 radical (unpaired) electrons. The monoisotopic (exact) mass is 261 g/mol. The molecule has 2 atom stereocenters. The molecule has 0 aliphatic heterocycles. The summed E-state index contributed by atoms with van der Waals surface area (Å²) in [6.07, 6.45) is 6.97. The molecule has 0 saturated heterocycles. The van der Waals surface area contributed by atoms with E-state index in [2.05, 4.69) is 42.6 Å². The number of hydrogen-bond acceptors (Lipinski definition) is 2. The second-order valence-electron chi connectivity index (χ2n) is 5.77. The Hall–Kier alpha value is -0.860. The van der Waals surface area contributed by atoms with Crippen LogP contribution in [0.3, 0.4) is 0 Å². The number of ether oxygens (including phenoxy) is 1. The van der Waals surface area contributed by atoms with Gasteiger partial charge in [0.2, 0.25) is 0 Å². The van der Waals surface area contributed by atoms with Gasteiger partial charge < -0.3 is 10.1 Å². The van der Waals surface area contributed by atoms with Crippen molar-refractivity contribution in [2.24, 2.45) is 5.92 Å². The summed E-state index contributed by atoms with van der Waals surface area (Å²) in [5.74, 6) is 0.830. The highest BCUT2D eigenvalue weighted by Crippen LogP contribution is 2.27. The maximum Gasteiger partial charge on any atom is 0.0657 e. The van der Waals surface area contributed by atoms with Crippen LogP contribution in [0.2, 0.25) is 0 Å². The summed E-state index contributed by atoms with van der Waals surface area (Å²) >= 11 is 0. The topological polar surface area (TPSA) is 21.3 Å². The van der Waals surface area contributed by atoms with Crippen LogP contribution in [0, 0.1) is 5.92 Å². The van der Waals surface area contributed by atoms with Crippen LogP contribution >= 0.6 is 0 Å². The van der Waals surface area contributed by atoms with Gasteiger partial charge in [0.05, 0.1) is 12.6 Å². The molecule has 2 heteroatoms. The minimum Gasteiger partial charge on any atom is -0.383 e. The van der Waals surface area contributed by atoms with Crippen LogP contribution in [-0.4, -0.2) is 19.8 Å². The molecule has 0 amide bonds. The standard InChI is InChI=1S/C17H27NO/c1-14(15-9-5-3-6-10-15)18-17(13-19-2)16-11-7-4-8-12-16/h4,7-8,11-12,14-15,17-18H,3,5-6,9-10,13H2,1-2H3/t14-,17?/m0/s1. The molecule has 0 bridgehead atoms. The summed E-state index contributed by atoms with van der Waals surface area (Å²) in [5.41, 5.74) is 1.33. The van der Waals surface area contributed by atoms with Crippen LogP contribution in [0.4, 0.5) is 0 Å². The molecular weight excluding hydrogens is 234 g/mol. The Balaban J connectivity index is 1.96. The summed E-state index contributed by atoms with van der Waals surface area (Å²) in [4.78, 5) is 0. The minimum atomic E-state index is 0.308. The van der Waals surface area contributed by atoms with Crippen molar-refractivity contribution >= 4 is 0 Å². The lowest BCUT2D eigenvalue weighted by Gasteiger charge is -2.31. The van der Waals surface area contributed by atoms with Gasteiger partial charge in [-0.15, -0.1) is 0 Å². The molecule has 1 unspecified atom stereocenters. The number of benzene rings is 1. The Kier molecular flexibility index (Phi) is 5.87. The highest BCUT2D eigenvalue weighted by Gasteiger charge is 2.22. The van der Waals surface area contributed by atoms with Crippen LogP contribution in [0.1, 0.15) is 50.6 Å². The van der Waals surface area contributed by atoms with E-state index in [0.717, 1.165) is 12.5 Å². The maximum atomic E-state index is 5.38. The fraction of sp³-hybridized carbons (Fsp3) is 0.647. The molecule has 1 aromatic rings. The van der Waals surface area contributed by atoms with Gasteiger partial charge in [-0.2, -0.15) is 0 Å². The Morgan fingerprint density at radius 1 is 1.16 bits per heavy atom. The number of methoxy groups -OCH3 is 1. The zero-order valence-electron chi connectivity index (χ0n) is 12.3. The first kappa shape index (κ1) is 14.5. The quantitative estimate of drug-likeness (QED) is 0.837. The molecule has 1 aliphatic rings. The van der Waals surface area contributed by atoms with Crippen molar-refractivity contribution in [2.75, 3.05) is 13.7 Å². The average molecular weight is 261 g/mol. The summed E-state index contributed by atoms with van der Waals surface area (Å²) in [5, 5.41) is 3.78. The third-order valence-corrected chi connectivity index (χ3v) is 4.36. The van der Waals surface area contributed by atoms with E-state index >= 15 is 0 Å². The van der Waals surface area contributed by atoms with Crippen molar-refractivity contribution in [2.45, 2.75) is 51.1 Å². The van der Waals surface area contributed by atoms with Crippen LogP contribution in [0.5, 0.6) is 0 Å². The first-order valence-corrected chi connectivity index (χ1v) is 7.61. The second-order valence-corrected chi connectivity index (χ2v) is 5.77. The molecule has 2 nitrogen and oxygen atoms in total. The van der Waals surface area contributed by atoms with E-state index in [4.69, 9.17) is 4.74 Å². The van der Waals surface area contributed by atoms with E-state index in [1.165, 1.54) is 37.7 Å². The van der Waals surface area contributed by atoms with Crippen molar-refractivity contribution in [3.63, 3.8) is 0 Å². The van der Waals surface area contributed by atoms with E-state index in [1.807, 2.05) is 0 Å². The van der Waals surface area contributed by atoms with Gasteiger partial charge in [0.25, 0.3) is 0 Å². The van der Waals surface area contributed by atoms with E-state index in [-0.39, 0.29) is 0 Å². The summed E-state index contributed by atoms with van der Waals surface area (Å²) in [7, 11) is 1.78. The van der Waals surface area contributed by atoms with Crippen molar-refractivity contribution in [3.05, 3.63) is 35.9 Å². The van der Waals surface area contributed by atoms with Gasteiger partial charge in [-0.25, -0.2) is 0 Å². The molecule has 1 fully saturated rings. The van der Waals surface area contributed by atoms with Gasteiger partial charge in [-0.05, 0) is 31.2 Å². The second kappa shape index (κ2) is 7.66. The molecule has 0 aromatic heterocycles. The van der Waals surface area contributed by atoms with E-state index in [1.54, 1.807) is 7.11 Å². The Morgan fingerprint density at radius 3 is 2.47 bits per heavy atom. The molecule has 2 rings (SSSR count). The Labute approximate surface area is 117 Å². The van der Waals surface area contributed by atoms with E-state index < -0.39 is 0 Å². The van der Waals surface area contributed by atoms with Gasteiger partial charge in [0.15, 0.2) is 0 Å². The zero-order chi connectivity index (χ0) is 13.5. The van der Waals surface area contributed by atoms with E-state index in [0.29, 0.717) is 12.1 Å². The minimum absolute atomic E-state index is 0.308. The maximum absolute atomic E-state index is 5.38. The molecule has 0 heterocycles. The van der Waals surface area contributed by atoms with Crippen LogP contribution in [0.25, 0.3) is 0 Å². The van der Waals surface area contributed by atoms with Gasteiger partial charge in [-0.1, -0.05) is 49.6 Å². The summed E-state index contributed by atoms with van der Waals surface area (Å²) in [6.45, 7) is 3.07. The third-order valence-electron chi connectivity index (χ3n) is 4.36. The molecule has 19 heavy (non-hydrogen) atoms.